The average Bonchev–Trinajstić information content (AvgIpc) is 3.34. The second kappa shape index (κ2) is 11.0. The van der Waals surface area contributed by atoms with E-state index in [-0.39, 0.29) is 16.6 Å². The van der Waals surface area contributed by atoms with Crippen molar-refractivity contribution in [1.82, 2.24) is 14.3 Å². The van der Waals surface area contributed by atoms with Crippen LogP contribution in [0.15, 0.2) is 74.6 Å². The van der Waals surface area contributed by atoms with Gasteiger partial charge in [0.2, 0.25) is 15.9 Å². The van der Waals surface area contributed by atoms with Crippen molar-refractivity contribution in [3.05, 3.63) is 64.7 Å². The van der Waals surface area contributed by atoms with Gasteiger partial charge in [0.05, 0.1) is 29.2 Å². The Labute approximate surface area is 225 Å². The lowest BCUT2D eigenvalue weighted by Crippen LogP contribution is -2.40. The van der Waals surface area contributed by atoms with Gasteiger partial charge in [-0.2, -0.15) is 4.31 Å². The lowest BCUT2D eigenvalue weighted by atomic mass is 10.1. The number of morpholine rings is 1. The Kier molecular flexibility index (Phi) is 7.70. The Morgan fingerprint density at radius 3 is 2.53 bits per heavy atom. The second-order valence-corrected chi connectivity index (χ2v) is 12.6. The molecule has 0 aliphatic carbocycles. The van der Waals surface area contributed by atoms with Crippen LogP contribution in [-0.4, -0.2) is 60.7 Å². The second-order valence-electron chi connectivity index (χ2n) is 7.89. The van der Waals surface area contributed by atoms with Crippen molar-refractivity contribution < 1.29 is 17.9 Å². The molecule has 0 radical (unpaired) electrons. The zero-order valence-corrected chi connectivity index (χ0v) is 22.9. The molecule has 1 aliphatic rings. The van der Waals surface area contributed by atoms with E-state index in [1.807, 2.05) is 24.3 Å². The molecule has 36 heavy (non-hydrogen) atoms. The first-order valence-corrected chi connectivity index (χ1v) is 15.1. The molecule has 2 aromatic heterocycles. The van der Waals surface area contributed by atoms with Gasteiger partial charge in [-0.05, 0) is 42.0 Å². The highest BCUT2D eigenvalue weighted by atomic mass is 79.9. The van der Waals surface area contributed by atoms with E-state index in [1.165, 1.54) is 34.5 Å². The maximum absolute atomic E-state index is 12.8. The van der Waals surface area contributed by atoms with Crippen molar-refractivity contribution in [1.29, 1.82) is 0 Å². The summed E-state index contributed by atoms with van der Waals surface area (Å²) >= 11 is 6.35. The molecule has 0 bridgehead atoms. The first-order valence-electron chi connectivity index (χ1n) is 11.0. The van der Waals surface area contributed by atoms with Crippen LogP contribution in [0.4, 0.5) is 5.69 Å². The number of amides is 1. The van der Waals surface area contributed by atoms with Gasteiger partial charge in [-0.1, -0.05) is 39.8 Å². The number of nitrogens with one attached hydrogen (secondary N) is 1. The number of benzene rings is 2. The van der Waals surface area contributed by atoms with Crippen LogP contribution in [0.1, 0.15) is 0 Å². The van der Waals surface area contributed by atoms with Crippen molar-refractivity contribution >= 4 is 70.9 Å². The summed E-state index contributed by atoms with van der Waals surface area (Å²) in [4.78, 5) is 22.5. The number of thiophene rings is 1. The molecular weight excluding hydrogens is 584 g/mol. The van der Waals surface area contributed by atoms with Crippen molar-refractivity contribution in [2.75, 3.05) is 37.4 Å². The minimum atomic E-state index is -3.58. The Morgan fingerprint density at radius 2 is 1.81 bits per heavy atom. The van der Waals surface area contributed by atoms with E-state index in [0.29, 0.717) is 32.0 Å². The van der Waals surface area contributed by atoms with Crippen molar-refractivity contribution in [3.63, 3.8) is 0 Å². The molecule has 0 saturated carbocycles. The molecule has 2 aromatic carbocycles. The molecule has 0 atom stereocenters. The fraction of sp³-hybridized carbons (Fsp3) is 0.208. The third-order valence-corrected chi connectivity index (χ3v) is 9.89. The fourth-order valence-corrected chi connectivity index (χ4v) is 7.24. The number of sulfonamides is 1. The van der Waals surface area contributed by atoms with Crippen LogP contribution in [0.2, 0.25) is 0 Å². The van der Waals surface area contributed by atoms with E-state index < -0.39 is 10.0 Å². The summed E-state index contributed by atoms with van der Waals surface area (Å²) in [6.07, 6.45) is 1.51. The zero-order chi connectivity index (χ0) is 25.1. The zero-order valence-electron chi connectivity index (χ0n) is 18.9. The van der Waals surface area contributed by atoms with Gasteiger partial charge in [0.1, 0.15) is 16.2 Å². The summed E-state index contributed by atoms with van der Waals surface area (Å²) in [5, 5.41) is 6.55. The van der Waals surface area contributed by atoms with Crippen LogP contribution in [0, 0.1) is 0 Å². The number of rotatable bonds is 7. The minimum absolute atomic E-state index is 0.148. The number of ether oxygens (including phenoxy) is 1. The number of carbonyl (C=O) groups is 1. The van der Waals surface area contributed by atoms with E-state index in [4.69, 9.17) is 4.74 Å². The van der Waals surface area contributed by atoms with E-state index in [2.05, 4.69) is 36.6 Å². The third-order valence-electron chi connectivity index (χ3n) is 5.58. The number of halogens is 1. The average molecular weight is 606 g/mol. The predicted octanol–water partition coefficient (Wildman–Crippen LogP) is 4.87. The molecule has 0 spiro atoms. The van der Waals surface area contributed by atoms with E-state index in [0.717, 1.165) is 30.8 Å². The Balaban J connectivity index is 1.26. The smallest absolute Gasteiger partial charge is 0.243 e. The van der Waals surface area contributed by atoms with Gasteiger partial charge in [0.25, 0.3) is 0 Å². The number of thioether (sulfide) groups is 1. The molecule has 186 valence electrons. The highest BCUT2D eigenvalue weighted by Gasteiger charge is 2.26. The largest absolute Gasteiger partial charge is 0.379 e. The molecule has 1 aliphatic heterocycles. The first-order chi connectivity index (χ1) is 17.4. The lowest BCUT2D eigenvalue weighted by molar-refractivity contribution is -0.113. The van der Waals surface area contributed by atoms with Gasteiger partial charge < -0.3 is 10.1 Å². The van der Waals surface area contributed by atoms with Crippen LogP contribution in [0.3, 0.4) is 0 Å². The van der Waals surface area contributed by atoms with Crippen molar-refractivity contribution in [3.8, 4) is 11.1 Å². The molecule has 8 nitrogen and oxygen atoms in total. The Hall–Kier alpha value is -2.35. The summed E-state index contributed by atoms with van der Waals surface area (Å²) in [5.41, 5.74) is 2.61. The number of hydrogen-bond acceptors (Lipinski definition) is 8. The Bertz CT molecular complexity index is 1490. The summed E-state index contributed by atoms with van der Waals surface area (Å²) in [6.45, 7) is 1.45. The molecular formula is C24H21BrN4O4S3. The van der Waals surface area contributed by atoms with Gasteiger partial charge >= 0.3 is 0 Å². The van der Waals surface area contributed by atoms with Crippen LogP contribution in [0.25, 0.3) is 21.3 Å². The summed E-state index contributed by atoms with van der Waals surface area (Å²) in [5.74, 6) is -0.0637. The molecule has 0 unspecified atom stereocenters. The van der Waals surface area contributed by atoms with Crippen LogP contribution in [-0.2, 0) is 19.6 Å². The normalized spacial score (nSPS) is 14.7. The first kappa shape index (κ1) is 25.3. The number of carbonyl (C=O) groups excluding carboxylic acids is 1. The van der Waals surface area contributed by atoms with Gasteiger partial charge in [-0.25, -0.2) is 18.4 Å². The van der Waals surface area contributed by atoms with Crippen molar-refractivity contribution in [2.24, 2.45) is 0 Å². The number of hydrogen-bond donors (Lipinski definition) is 1. The summed E-state index contributed by atoms with van der Waals surface area (Å²) in [6, 6.07) is 14.3. The summed E-state index contributed by atoms with van der Waals surface area (Å²) < 4.78 is 33.2. The highest BCUT2D eigenvalue weighted by Crippen LogP contribution is 2.38. The van der Waals surface area contributed by atoms with Gasteiger partial charge in [-0.15, -0.1) is 11.3 Å². The van der Waals surface area contributed by atoms with Gasteiger partial charge in [0.15, 0.2) is 0 Å². The molecule has 1 fully saturated rings. The van der Waals surface area contributed by atoms with Gasteiger partial charge in [-0.3, -0.25) is 4.79 Å². The SMILES string of the molecule is O=C(CSc1ncnc2scc(-c3ccc(Br)cc3)c12)Nc1ccc(S(=O)(=O)N2CCOCC2)cc1. The van der Waals surface area contributed by atoms with Crippen LogP contribution >= 0.6 is 39.0 Å². The van der Waals surface area contributed by atoms with Crippen LogP contribution < -0.4 is 5.32 Å². The topological polar surface area (TPSA) is 101 Å². The standard InChI is InChI=1S/C24H21BrN4O4S3/c25-17-3-1-16(2-4-17)20-13-34-23-22(20)24(27-15-26-23)35-14-21(30)28-18-5-7-19(8-6-18)36(31,32)29-9-11-33-12-10-29/h1-8,13,15H,9-12,14H2,(H,28,30). The molecule has 5 rings (SSSR count). The number of fused-ring (bicyclic) bond motifs is 1. The quantitative estimate of drug-likeness (QED) is 0.237. The molecule has 1 saturated heterocycles. The summed E-state index contributed by atoms with van der Waals surface area (Å²) in [7, 11) is -3.58. The number of aromatic nitrogens is 2. The third kappa shape index (κ3) is 5.48. The predicted molar refractivity (Wildman–Crippen MR) is 146 cm³/mol. The molecule has 1 N–H and O–H groups in total. The van der Waals surface area contributed by atoms with E-state index >= 15 is 0 Å². The highest BCUT2D eigenvalue weighted by molar-refractivity contribution is 9.10. The molecule has 4 aromatic rings. The maximum atomic E-state index is 12.8. The maximum Gasteiger partial charge on any atom is 0.243 e. The molecule has 12 heteroatoms. The Morgan fingerprint density at radius 1 is 1.08 bits per heavy atom. The fourth-order valence-electron chi connectivity index (χ4n) is 3.78. The van der Waals surface area contributed by atoms with Crippen LogP contribution in [0.5, 0.6) is 0 Å². The van der Waals surface area contributed by atoms with E-state index in [9.17, 15) is 13.2 Å². The molecule has 3 heterocycles. The van der Waals surface area contributed by atoms with Gasteiger partial charge in [0, 0.05) is 34.2 Å². The molecule has 1 amide bonds. The lowest BCUT2D eigenvalue weighted by Gasteiger charge is -2.26. The van der Waals surface area contributed by atoms with E-state index in [1.54, 1.807) is 23.5 Å². The monoisotopic (exact) mass is 604 g/mol. The number of nitrogens with zero attached hydrogens (tertiary/aromatic N) is 3. The van der Waals surface area contributed by atoms with Crippen molar-refractivity contribution in [2.45, 2.75) is 9.92 Å². The minimum Gasteiger partial charge on any atom is -0.379 e. The number of anilines is 1.